The van der Waals surface area contributed by atoms with Gasteiger partial charge in [0.1, 0.15) is 0 Å². The molecule has 90 valence electrons. The maximum Gasteiger partial charge on any atom is 0.0578 e. The Morgan fingerprint density at radius 1 is 0.944 bits per heavy atom. The van der Waals surface area contributed by atoms with Gasteiger partial charge in [0.05, 0.1) is 6.54 Å². The van der Waals surface area contributed by atoms with Crippen LogP contribution in [0, 0.1) is 12.3 Å². The molecule has 0 amide bonds. The topological polar surface area (TPSA) is 12.0 Å². The van der Waals surface area contributed by atoms with Gasteiger partial charge >= 0.3 is 0 Å². The first-order chi connectivity index (χ1) is 8.90. The Hall–Kier alpha value is -2.04. The summed E-state index contributed by atoms with van der Waals surface area (Å²) >= 11 is 0. The first-order valence-electron chi connectivity index (χ1n) is 6.16. The Bertz CT molecular complexity index is 496. The van der Waals surface area contributed by atoms with Crippen molar-refractivity contribution >= 4 is 0 Å². The highest BCUT2D eigenvalue weighted by Crippen LogP contribution is 2.17. The molecule has 0 saturated carbocycles. The molecule has 2 aromatic carbocycles. The monoisotopic (exact) mass is 235 g/mol. The Balaban J connectivity index is 2.14. The zero-order valence-corrected chi connectivity index (χ0v) is 10.3. The molecule has 0 heterocycles. The third kappa shape index (κ3) is 3.48. The van der Waals surface area contributed by atoms with E-state index in [9.17, 15) is 0 Å². The SMILES string of the molecule is C#CCNC(Cc1ccccc1)c1ccccc1. The first-order valence-corrected chi connectivity index (χ1v) is 6.16. The Morgan fingerprint density at radius 2 is 1.56 bits per heavy atom. The predicted octanol–water partition coefficient (Wildman–Crippen LogP) is 3.19. The summed E-state index contributed by atoms with van der Waals surface area (Å²) in [5.41, 5.74) is 2.59. The molecule has 0 saturated heterocycles. The summed E-state index contributed by atoms with van der Waals surface area (Å²) in [5, 5.41) is 3.40. The molecule has 2 aromatic rings. The van der Waals surface area contributed by atoms with Crippen molar-refractivity contribution in [2.75, 3.05) is 6.54 Å². The van der Waals surface area contributed by atoms with Crippen molar-refractivity contribution in [2.45, 2.75) is 12.5 Å². The van der Waals surface area contributed by atoms with Gasteiger partial charge in [-0.15, -0.1) is 6.42 Å². The fourth-order valence-electron chi connectivity index (χ4n) is 2.03. The number of benzene rings is 2. The molecule has 0 bridgehead atoms. The van der Waals surface area contributed by atoms with Crippen LogP contribution in [0.1, 0.15) is 17.2 Å². The molecule has 1 unspecified atom stereocenters. The standard InChI is InChI=1S/C17H17N/c1-2-13-18-17(16-11-7-4-8-12-16)14-15-9-5-3-6-10-15/h1,3-12,17-18H,13-14H2. The molecule has 1 heteroatoms. The Morgan fingerprint density at radius 3 is 2.17 bits per heavy atom. The van der Waals surface area contributed by atoms with Gasteiger partial charge in [-0.25, -0.2) is 0 Å². The van der Waals surface area contributed by atoms with E-state index in [1.165, 1.54) is 11.1 Å². The van der Waals surface area contributed by atoms with E-state index in [0.717, 1.165) is 6.42 Å². The molecule has 18 heavy (non-hydrogen) atoms. The summed E-state index contributed by atoms with van der Waals surface area (Å²) in [6, 6.07) is 21.2. The molecule has 0 aromatic heterocycles. The van der Waals surface area contributed by atoms with Crippen molar-refractivity contribution in [1.29, 1.82) is 0 Å². The Labute approximate surface area is 109 Å². The quantitative estimate of drug-likeness (QED) is 0.785. The van der Waals surface area contributed by atoms with E-state index >= 15 is 0 Å². The molecule has 0 aliphatic rings. The molecular weight excluding hydrogens is 218 g/mol. The lowest BCUT2D eigenvalue weighted by molar-refractivity contribution is 0.569. The van der Waals surface area contributed by atoms with E-state index in [1.807, 2.05) is 12.1 Å². The van der Waals surface area contributed by atoms with Gasteiger partial charge in [-0.05, 0) is 17.5 Å². The highest BCUT2D eigenvalue weighted by molar-refractivity contribution is 5.24. The van der Waals surface area contributed by atoms with Crippen molar-refractivity contribution in [3.8, 4) is 12.3 Å². The fourth-order valence-corrected chi connectivity index (χ4v) is 2.03. The van der Waals surface area contributed by atoms with Crippen LogP contribution in [0.3, 0.4) is 0 Å². The molecule has 1 atom stereocenters. The molecule has 0 fully saturated rings. The maximum absolute atomic E-state index is 5.34. The third-order valence-corrected chi connectivity index (χ3v) is 2.94. The van der Waals surface area contributed by atoms with E-state index in [0.29, 0.717) is 6.54 Å². The summed E-state index contributed by atoms with van der Waals surface area (Å²) < 4.78 is 0. The van der Waals surface area contributed by atoms with Gasteiger partial charge in [0.2, 0.25) is 0 Å². The summed E-state index contributed by atoms with van der Waals surface area (Å²) in [7, 11) is 0. The highest BCUT2D eigenvalue weighted by Gasteiger charge is 2.10. The number of nitrogens with one attached hydrogen (secondary N) is 1. The molecule has 2 rings (SSSR count). The molecular formula is C17H17N. The average molecular weight is 235 g/mol. The van der Waals surface area contributed by atoms with Crippen molar-refractivity contribution in [3.63, 3.8) is 0 Å². The minimum Gasteiger partial charge on any atom is -0.299 e. The number of hydrogen-bond acceptors (Lipinski definition) is 1. The summed E-state index contributed by atoms with van der Waals surface area (Å²) in [6.45, 7) is 0.590. The summed E-state index contributed by atoms with van der Waals surface area (Å²) in [6.07, 6.45) is 6.29. The number of hydrogen-bond donors (Lipinski definition) is 1. The zero-order chi connectivity index (χ0) is 12.6. The maximum atomic E-state index is 5.34. The predicted molar refractivity (Wildman–Crippen MR) is 76.2 cm³/mol. The second kappa shape index (κ2) is 6.64. The van der Waals surface area contributed by atoms with Gasteiger partial charge in [-0.3, -0.25) is 5.32 Å². The van der Waals surface area contributed by atoms with Crippen LogP contribution in [-0.4, -0.2) is 6.54 Å². The van der Waals surface area contributed by atoms with Gasteiger partial charge in [-0.1, -0.05) is 66.6 Å². The summed E-state index contributed by atoms with van der Waals surface area (Å²) in [5.74, 6) is 2.64. The van der Waals surface area contributed by atoms with E-state index < -0.39 is 0 Å². The second-order valence-electron chi connectivity index (χ2n) is 4.24. The van der Waals surface area contributed by atoms with Gasteiger partial charge in [0, 0.05) is 6.04 Å². The molecule has 0 aliphatic carbocycles. The van der Waals surface area contributed by atoms with E-state index in [-0.39, 0.29) is 6.04 Å². The van der Waals surface area contributed by atoms with E-state index in [1.54, 1.807) is 0 Å². The van der Waals surface area contributed by atoms with Crippen molar-refractivity contribution in [3.05, 3.63) is 71.8 Å². The van der Waals surface area contributed by atoms with Gasteiger partial charge in [0.25, 0.3) is 0 Å². The largest absolute Gasteiger partial charge is 0.299 e. The minimum absolute atomic E-state index is 0.268. The Kier molecular flexibility index (Phi) is 4.58. The van der Waals surface area contributed by atoms with E-state index in [4.69, 9.17) is 6.42 Å². The molecule has 1 N–H and O–H groups in total. The lowest BCUT2D eigenvalue weighted by Crippen LogP contribution is -2.23. The van der Waals surface area contributed by atoms with Crippen LogP contribution < -0.4 is 5.32 Å². The smallest absolute Gasteiger partial charge is 0.0578 e. The van der Waals surface area contributed by atoms with Crippen LogP contribution in [0.2, 0.25) is 0 Å². The van der Waals surface area contributed by atoms with Gasteiger partial charge < -0.3 is 0 Å². The van der Waals surface area contributed by atoms with Crippen LogP contribution in [0.5, 0.6) is 0 Å². The normalized spacial score (nSPS) is 11.7. The first kappa shape index (κ1) is 12.4. The molecule has 0 spiro atoms. The third-order valence-electron chi connectivity index (χ3n) is 2.94. The fraction of sp³-hybridized carbons (Fsp3) is 0.176. The van der Waals surface area contributed by atoms with Crippen LogP contribution in [-0.2, 0) is 6.42 Å². The number of rotatable bonds is 5. The molecule has 0 radical (unpaired) electrons. The minimum atomic E-state index is 0.268. The van der Waals surface area contributed by atoms with Gasteiger partial charge in [0.15, 0.2) is 0 Å². The van der Waals surface area contributed by atoms with Crippen molar-refractivity contribution in [2.24, 2.45) is 0 Å². The zero-order valence-electron chi connectivity index (χ0n) is 10.3. The van der Waals surface area contributed by atoms with Crippen LogP contribution in [0.15, 0.2) is 60.7 Å². The van der Waals surface area contributed by atoms with Crippen molar-refractivity contribution in [1.82, 2.24) is 5.32 Å². The van der Waals surface area contributed by atoms with Crippen LogP contribution in [0.25, 0.3) is 0 Å². The van der Waals surface area contributed by atoms with Crippen molar-refractivity contribution < 1.29 is 0 Å². The molecule has 1 nitrogen and oxygen atoms in total. The lowest BCUT2D eigenvalue weighted by Gasteiger charge is -2.18. The van der Waals surface area contributed by atoms with Crippen LogP contribution >= 0.6 is 0 Å². The molecule has 0 aliphatic heterocycles. The average Bonchev–Trinajstić information content (AvgIpc) is 2.45. The number of terminal acetylenes is 1. The van der Waals surface area contributed by atoms with Crippen LogP contribution in [0.4, 0.5) is 0 Å². The van der Waals surface area contributed by atoms with Gasteiger partial charge in [-0.2, -0.15) is 0 Å². The second-order valence-corrected chi connectivity index (χ2v) is 4.24. The lowest BCUT2D eigenvalue weighted by atomic mass is 9.99. The van der Waals surface area contributed by atoms with E-state index in [2.05, 4.69) is 59.8 Å². The highest BCUT2D eigenvalue weighted by atomic mass is 14.9. The summed E-state index contributed by atoms with van der Waals surface area (Å²) in [4.78, 5) is 0.